The number of hydrogen-bond donors (Lipinski definition) is 2. The molecule has 0 aliphatic rings. The number of hydrogen-bond acceptors (Lipinski definition) is 3. The molecule has 2 aromatic rings. The van der Waals surface area contributed by atoms with Gasteiger partial charge in [0, 0.05) is 10.4 Å². The van der Waals surface area contributed by atoms with E-state index in [4.69, 9.17) is 0 Å². The van der Waals surface area contributed by atoms with Crippen molar-refractivity contribution < 1.29 is 9.90 Å². The average molecular weight is 289 g/mol. The summed E-state index contributed by atoms with van der Waals surface area (Å²) >= 11 is 1.48. The van der Waals surface area contributed by atoms with Crippen LogP contribution in [0.15, 0.2) is 35.7 Å². The van der Waals surface area contributed by atoms with E-state index in [2.05, 4.69) is 5.32 Å². The molecule has 0 radical (unpaired) electrons. The van der Waals surface area contributed by atoms with E-state index < -0.39 is 5.60 Å². The molecule has 0 bridgehead atoms. The molecule has 1 aromatic carbocycles. The molecule has 1 heterocycles. The van der Waals surface area contributed by atoms with Crippen molar-refractivity contribution in [1.29, 1.82) is 0 Å². The van der Waals surface area contributed by atoms with Crippen molar-refractivity contribution in [2.24, 2.45) is 0 Å². The van der Waals surface area contributed by atoms with Crippen LogP contribution in [-0.2, 0) is 5.60 Å². The van der Waals surface area contributed by atoms with Crippen LogP contribution >= 0.6 is 11.3 Å². The lowest BCUT2D eigenvalue weighted by atomic mass is 10.0. The van der Waals surface area contributed by atoms with Crippen LogP contribution in [0.25, 0.3) is 0 Å². The molecule has 1 unspecified atom stereocenters. The highest BCUT2D eigenvalue weighted by Crippen LogP contribution is 2.24. The number of carbonyl (C=O) groups excluding carboxylic acids is 1. The standard InChI is InChI=1S/C16H19NO2S/c1-11-6-7-13(9-12(11)2)15(18)17-10-16(3,19)14-5-4-8-20-14/h4-9,19H,10H2,1-3H3,(H,17,18). The first-order chi connectivity index (χ1) is 9.40. The SMILES string of the molecule is Cc1ccc(C(=O)NCC(C)(O)c2cccs2)cc1C. The van der Waals surface area contributed by atoms with E-state index in [9.17, 15) is 9.90 Å². The van der Waals surface area contributed by atoms with Gasteiger partial charge < -0.3 is 10.4 Å². The molecule has 1 amide bonds. The van der Waals surface area contributed by atoms with Gasteiger partial charge in [0.15, 0.2) is 0 Å². The minimum absolute atomic E-state index is 0.162. The number of aliphatic hydroxyl groups is 1. The van der Waals surface area contributed by atoms with Crippen LogP contribution < -0.4 is 5.32 Å². The van der Waals surface area contributed by atoms with Crippen LogP contribution in [0, 0.1) is 13.8 Å². The molecular weight excluding hydrogens is 270 g/mol. The summed E-state index contributed by atoms with van der Waals surface area (Å²) in [4.78, 5) is 13.0. The predicted octanol–water partition coefficient (Wildman–Crippen LogP) is 3.00. The van der Waals surface area contributed by atoms with Gasteiger partial charge in [-0.2, -0.15) is 0 Å². The topological polar surface area (TPSA) is 49.3 Å². The lowest BCUT2D eigenvalue weighted by Gasteiger charge is -2.22. The number of benzene rings is 1. The van der Waals surface area contributed by atoms with Crippen molar-refractivity contribution in [2.75, 3.05) is 6.54 Å². The first-order valence-corrected chi connectivity index (χ1v) is 7.40. The van der Waals surface area contributed by atoms with Gasteiger partial charge in [0.05, 0.1) is 6.54 Å². The van der Waals surface area contributed by atoms with Crippen LogP contribution in [0.4, 0.5) is 0 Å². The summed E-state index contributed by atoms with van der Waals surface area (Å²) in [7, 11) is 0. The molecule has 1 atom stereocenters. The minimum Gasteiger partial charge on any atom is -0.383 e. The van der Waals surface area contributed by atoms with E-state index in [0.29, 0.717) is 5.56 Å². The normalized spacial score (nSPS) is 13.8. The molecule has 2 rings (SSSR count). The maximum atomic E-state index is 12.1. The van der Waals surface area contributed by atoms with Gasteiger partial charge >= 0.3 is 0 Å². The highest BCUT2D eigenvalue weighted by molar-refractivity contribution is 7.10. The molecule has 3 nitrogen and oxygen atoms in total. The zero-order chi connectivity index (χ0) is 14.8. The number of aryl methyl sites for hydroxylation is 2. The molecule has 20 heavy (non-hydrogen) atoms. The Morgan fingerprint density at radius 1 is 1.30 bits per heavy atom. The van der Waals surface area contributed by atoms with E-state index in [1.807, 2.05) is 43.5 Å². The van der Waals surface area contributed by atoms with Crippen LogP contribution in [0.1, 0.15) is 33.3 Å². The van der Waals surface area contributed by atoms with Gasteiger partial charge in [-0.1, -0.05) is 12.1 Å². The Kier molecular flexibility index (Phi) is 4.26. The number of amides is 1. The van der Waals surface area contributed by atoms with Crippen LogP contribution in [0.2, 0.25) is 0 Å². The van der Waals surface area contributed by atoms with E-state index in [-0.39, 0.29) is 12.5 Å². The second-order valence-corrected chi connectivity index (χ2v) is 6.18. The van der Waals surface area contributed by atoms with Crippen molar-refractivity contribution >= 4 is 17.2 Å². The molecule has 1 aromatic heterocycles. The lowest BCUT2D eigenvalue weighted by Crippen LogP contribution is -2.38. The third kappa shape index (κ3) is 3.26. The monoisotopic (exact) mass is 289 g/mol. The fourth-order valence-electron chi connectivity index (χ4n) is 1.91. The predicted molar refractivity (Wildman–Crippen MR) is 82.1 cm³/mol. The maximum Gasteiger partial charge on any atom is 0.251 e. The molecule has 0 aliphatic heterocycles. The van der Waals surface area contributed by atoms with Gasteiger partial charge in [-0.05, 0) is 55.5 Å². The summed E-state index contributed by atoms with van der Waals surface area (Å²) in [6.07, 6.45) is 0. The first kappa shape index (κ1) is 14.8. The van der Waals surface area contributed by atoms with E-state index in [1.54, 1.807) is 13.0 Å². The van der Waals surface area contributed by atoms with Crippen LogP contribution in [-0.4, -0.2) is 17.6 Å². The number of thiophene rings is 1. The Bertz CT molecular complexity index is 603. The van der Waals surface area contributed by atoms with E-state index in [0.717, 1.165) is 16.0 Å². The van der Waals surface area contributed by atoms with Crippen molar-refractivity contribution in [3.05, 3.63) is 57.3 Å². The van der Waals surface area contributed by atoms with Crippen molar-refractivity contribution in [3.8, 4) is 0 Å². The average Bonchev–Trinajstić information content (AvgIpc) is 2.94. The van der Waals surface area contributed by atoms with Gasteiger partial charge in [0.1, 0.15) is 5.60 Å². The summed E-state index contributed by atoms with van der Waals surface area (Å²) in [6.45, 7) is 5.89. The maximum absolute atomic E-state index is 12.1. The summed E-state index contributed by atoms with van der Waals surface area (Å²) in [6, 6.07) is 9.36. The lowest BCUT2D eigenvalue weighted by molar-refractivity contribution is 0.0557. The van der Waals surface area contributed by atoms with E-state index in [1.165, 1.54) is 11.3 Å². The molecule has 0 saturated carbocycles. The van der Waals surface area contributed by atoms with Crippen LogP contribution in [0.3, 0.4) is 0 Å². The highest BCUT2D eigenvalue weighted by Gasteiger charge is 2.25. The summed E-state index contributed by atoms with van der Waals surface area (Å²) in [5.41, 5.74) is 1.83. The molecular formula is C16H19NO2S. The molecule has 2 N–H and O–H groups in total. The first-order valence-electron chi connectivity index (χ1n) is 6.52. The van der Waals surface area contributed by atoms with Crippen molar-refractivity contribution in [2.45, 2.75) is 26.4 Å². The van der Waals surface area contributed by atoms with Crippen molar-refractivity contribution in [3.63, 3.8) is 0 Å². The number of nitrogens with one attached hydrogen (secondary N) is 1. The quantitative estimate of drug-likeness (QED) is 0.909. The Morgan fingerprint density at radius 3 is 2.65 bits per heavy atom. The Hall–Kier alpha value is -1.65. The van der Waals surface area contributed by atoms with Gasteiger partial charge in [0.25, 0.3) is 5.91 Å². The minimum atomic E-state index is -1.04. The second kappa shape index (κ2) is 5.77. The van der Waals surface area contributed by atoms with Gasteiger partial charge in [0.2, 0.25) is 0 Å². The Morgan fingerprint density at radius 2 is 2.05 bits per heavy atom. The zero-order valence-corrected chi connectivity index (χ0v) is 12.8. The fraction of sp³-hybridized carbons (Fsp3) is 0.312. The Balaban J connectivity index is 2.03. The third-order valence-corrected chi connectivity index (χ3v) is 4.54. The third-order valence-electron chi connectivity index (χ3n) is 3.41. The highest BCUT2D eigenvalue weighted by atomic mass is 32.1. The largest absolute Gasteiger partial charge is 0.383 e. The van der Waals surface area contributed by atoms with Crippen LogP contribution in [0.5, 0.6) is 0 Å². The van der Waals surface area contributed by atoms with Gasteiger partial charge in [-0.3, -0.25) is 4.79 Å². The molecule has 0 spiro atoms. The summed E-state index contributed by atoms with van der Waals surface area (Å²) in [5.74, 6) is -0.162. The molecule has 0 fully saturated rings. The number of rotatable bonds is 4. The second-order valence-electron chi connectivity index (χ2n) is 5.23. The molecule has 4 heteroatoms. The fourth-order valence-corrected chi connectivity index (χ4v) is 2.70. The van der Waals surface area contributed by atoms with Gasteiger partial charge in [-0.15, -0.1) is 11.3 Å². The van der Waals surface area contributed by atoms with Gasteiger partial charge in [-0.25, -0.2) is 0 Å². The number of carbonyl (C=O) groups is 1. The smallest absolute Gasteiger partial charge is 0.251 e. The Labute approximate surface area is 123 Å². The van der Waals surface area contributed by atoms with Crippen molar-refractivity contribution in [1.82, 2.24) is 5.32 Å². The molecule has 0 saturated heterocycles. The molecule has 0 aliphatic carbocycles. The summed E-state index contributed by atoms with van der Waals surface area (Å²) < 4.78 is 0. The van der Waals surface area contributed by atoms with E-state index >= 15 is 0 Å². The zero-order valence-electron chi connectivity index (χ0n) is 11.9. The summed E-state index contributed by atoms with van der Waals surface area (Å²) in [5, 5.41) is 15.1. The molecule has 106 valence electrons.